The second-order valence-corrected chi connectivity index (χ2v) is 4.82. The SMILES string of the molecule is CC(N=C=Nc1ccc(N)nc1)C(C)(C)C. The lowest BCUT2D eigenvalue weighted by Gasteiger charge is -2.21. The van der Waals surface area contributed by atoms with Crippen LogP contribution in [0.15, 0.2) is 28.3 Å². The first-order chi connectivity index (χ1) is 7.39. The molecule has 0 bridgehead atoms. The summed E-state index contributed by atoms with van der Waals surface area (Å²) < 4.78 is 0. The number of hydrogen-bond acceptors (Lipinski definition) is 4. The van der Waals surface area contributed by atoms with Crippen molar-refractivity contribution in [2.45, 2.75) is 33.7 Å². The molecular formula is C12H18N4. The van der Waals surface area contributed by atoms with Crippen LogP contribution in [0.1, 0.15) is 27.7 Å². The highest BCUT2D eigenvalue weighted by molar-refractivity contribution is 5.52. The number of aromatic nitrogens is 1. The zero-order valence-corrected chi connectivity index (χ0v) is 10.2. The highest BCUT2D eigenvalue weighted by Gasteiger charge is 2.18. The Hall–Kier alpha value is -1.67. The van der Waals surface area contributed by atoms with Crippen LogP contribution in [0.4, 0.5) is 11.5 Å². The molecule has 1 heterocycles. The first-order valence-electron chi connectivity index (χ1n) is 5.26. The molecule has 0 saturated heterocycles. The smallest absolute Gasteiger partial charge is 0.123 e. The molecule has 4 nitrogen and oxygen atoms in total. The van der Waals surface area contributed by atoms with Crippen LogP contribution in [0.25, 0.3) is 0 Å². The molecule has 86 valence electrons. The molecule has 0 saturated carbocycles. The lowest BCUT2D eigenvalue weighted by atomic mass is 9.89. The van der Waals surface area contributed by atoms with Crippen LogP contribution in [0.3, 0.4) is 0 Å². The Morgan fingerprint density at radius 2 is 2.06 bits per heavy atom. The van der Waals surface area contributed by atoms with E-state index in [0.29, 0.717) is 11.5 Å². The van der Waals surface area contributed by atoms with Gasteiger partial charge in [0, 0.05) is 0 Å². The van der Waals surface area contributed by atoms with E-state index in [1.54, 1.807) is 18.3 Å². The lowest BCUT2D eigenvalue weighted by Crippen LogP contribution is -2.20. The van der Waals surface area contributed by atoms with Gasteiger partial charge in [0.1, 0.15) is 5.82 Å². The lowest BCUT2D eigenvalue weighted by molar-refractivity contribution is 0.342. The van der Waals surface area contributed by atoms with Crippen molar-refractivity contribution in [1.29, 1.82) is 0 Å². The highest BCUT2D eigenvalue weighted by Crippen LogP contribution is 2.21. The van der Waals surface area contributed by atoms with Crippen LogP contribution in [0, 0.1) is 5.41 Å². The standard InChI is InChI=1S/C12H18N4/c1-9(12(2,3)4)15-8-16-10-5-6-11(13)14-7-10/h5-7,9H,1-4H3,(H2,13,14). The average Bonchev–Trinajstić information content (AvgIpc) is 2.19. The van der Waals surface area contributed by atoms with E-state index < -0.39 is 0 Å². The Bertz CT molecular complexity index is 394. The third kappa shape index (κ3) is 3.83. The van der Waals surface area contributed by atoms with E-state index in [0.717, 1.165) is 0 Å². The predicted octanol–water partition coefficient (Wildman–Crippen LogP) is 2.90. The zero-order chi connectivity index (χ0) is 12.2. The molecule has 1 aromatic rings. The molecular weight excluding hydrogens is 200 g/mol. The molecule has 0 aromatic carbocycles. The van der Waals surface area contributed by atoms with Gasteiger partial charge in [0.05, 0.1) is 23.9 Å². The normalized spacial score (nSPS) is 12.8. The van der Waals surface area contributed by atoms with Crippen LogP contribution in [0.5, 0.6) is 0 Å². The summed E-state index contributed by atoms with van der Waals surface area (Å²) in [6.07, 6.45) is 1.60. The molecule has 0 aliphatic heterocycles. The Balaban J connectivity index is 2.74. The summed E-state index contributed by atoms with van der Waals surface area (Å²) in [7, 11) is 0. The van der Waals surface area contributed by atoms with Crippen molar-refractivity contribution in [1.82, 2.24) is 4.98 Å². The molecule has 2 N–H and O–H groups in total. The molecule has 1 aromatic heterocycles. The molecule has 0 fully saturated rings. The fraction of sp³-hybridized carbons (Fsp3) is 0.500. The summed E-state index contributed by atoms with van der Waals surface area (Å²) in [5.74, 6) is 0.485. The number of nitrogens with two attached hydrogens (primary N) is 1. The minimum atomic E-state index is 0.127. The number of anilines is 1. The molecule has 0 aliphatic carbocycles. The van der Waals surface area contributed by atoms with Crippen LogP contribution in [-0.2, 0) is 0 Å². The molecule has 0 radical (unpaired) electrons. The number of nitrogens with zero attached hydrogens (tertiary/aromatic N) is 3. The van der Waals surface area contributed by atoms with Crippen LogP contribution in [0.2, 0.25) is 0 Å². The molecule has 1 unspecified atom stereocenters. The van der Waals surface area contributed by atoms with Crippen molar-refractivity contribution in [3.63, 3.8) is 0 Å². The molecule has 1 rings (SSSR count). The van der Waals surface area contributed by atoms with Gasteiger partial charge in [-0.25, -0.2) is 9.98 Å². The maximum absolute atomic E-state index is 5.46. The van der Waals surface area contributed by atoms with E-state index in [2.05, 4.69) is 41.7 Å². The number of aliphatic imine (C=N–C) groups is 2. The first kappa shape index (κ1) is 12.4. The van der Waals surface area contributed by atoms with Gasteiger partial charge in [-0.3, -0.25) is 0 Å². The number of pyridine rings is 1. The minimum Gasteiger partial charge on any atom is -0.384 e. The quantitative estimate of drug-likeness (QED) is 0.776. The van der Waals surface area contributed by atoms with Crippen molar-refractivity contribution < 1.29 is 0 Å². The van der Waals surface area contributed by atoms with Crippen molar-refractivity contribution in [2.24, 2.45) is 15.4 Å². The average molecular weight is 218 g/mol. The third-order valence-corrected chi connectivity index (χ3v) is 2.45. The Kier molecular flexibility index (Phi) is 3.80. The van der Waals surface area contributed by atoms with Gasteiger partial charge in [-0.05, 0) is 24.5 Å². The molecule has 0 aliphatic rings. The fourth-order valence-corrected chi connectivity index (χ4v) is 0.830. The Labute approximate surface area is 96.3 Å². The topological polar surface area (TPSA) is 63.6 Å². The monoisotopic (exact) mass is 218 g/mol. The second-order valence-electron chi connectivity index (χ2n) is 4.82. The summed E-state index contributed by atoms with van der Waals surface area (Å²) in [5.41, 5.74) is 6.30. The maximum Gasteiger partial charge on any atom is 0.123 e. The van der Waals surface area contributed by atoms with Crippen molar-refractivity contribution in [3.05, 3.63) is 18.3 Å². The molecule has 16 heavy (non-hydrogen) atoms. The summed E-state index contributed by atoms with van der Waals surface area (Å²) in [5, 5.41) is 0. The summed E-state index contributed by atoms with van der Waals surface area (Å²) >= 11 is 0. The first-order valence-corrected chi connectivity index (χ1v) is 5.26. The zero-order valence-electron chi connectivity index (χ0n) is 10.2. The van der Waals surface area contributed by atoms with Crippen molar-refractivity contribution >= 4 is 17.5 Å². The van der Waals surface area contributed by atoms with Crippen molar-refractivity contribution in [2.75, 3.05) is 5.73 Å². The van der Waals surface area contributed by atoms with E-state index in [1.807, 2.05) is 6.92 Å². The van der Waals surface area contributed by atoms with E-state index in [-0.39, 0.29) is 11.5 Å². The van der Waals surface area contributed by atoms with E-state index in [4.69, 9.17) is 5.73 Å². The van der Waals surface area contributed by atoms with Gasteiger partial charge in [-0.15, -0.1) is 0 Å². The Morgan fingerprint density at radius 3 is 2.56 bits per heavy atom. The highest BCUT2D eigenvalue weighted by atomic mass is 14.9. The number of hydrogen-bond donors (Lipinski definition) is 1. The van der Waals surface area contributed by atoms with Crippen LogP contribution >= 0.6 is 0 Å². The van der Waals surface area contributed by atoms with E-state index >= 15 is 0 Å². The fourth-order valence-electron chi connectivity index (χ4n) is 0.830. The molecule has 1 atom stereocenters. The maximum atomic E-state index is 5.46. The summed E-state index contributed by atoms with van der Waals surface area (Å²) in [6, 6.07) is 6.36. The van der Waals surface area contributed by atoms with Gasteiger partial charge in [0.15, 0.2) is 0 Å². The van der Waals surface area contributed by atoms with Gasteiger partial charge in [-0.1, -0.05) is 20.8 Å². The van der Waals surface area contributed by atoms with Gasteiger partial charge in [0.25, 0.3) is 0 Å². The van der Waals surface area contributed by atoms with Gasteiger partial charge in [-0.2, -0.15) is 4.99 Å². The predicted molar refractivity (Wildman–Crippen MR) is 67.1 cm³/mol. The van der Waals surface area contributed by atoms with Gasteiger partial charge >= 0.3 is 0 Å². The molecule has 0 amide bonds. The second kappa shape index (κ2) is 4.90. The van der Waals surface area contributed by atoms with Gasteiger partial charge in [0.2, 0.25) is 0 Å². The van der Waals surface area contributed by atoms with E-state index in [1.165, 1.54) is 0 Å². The third-order valence-electron chi connectivity index (χ3n) is 2.45. The minimum absolute atomic E-state index is 0.127. The van der Waals surface area contributed by atoms with Crippen molar-refractivity contribution in [3.8, 4) is 0 Å². The molecule has 0 spiro atoms. The summed E-state index contributed by atoms with van der Waals surface area (Å²) in [4.78, 5) is 12.2. The van der Waals surface area contributed by atoms with E-state index in [9.17, 15) is 0 Å². The summed E-state index contributed by atoms with van der Waals surface area (Å²) in [6.45, 7) is 8.44. The number of nitrogen functional groups attached to an aromatic ring is 1. The number of rotatable bonds is 2. The largest absolute Gasteiger partial charge is 0.384 e. The van der Waals surface area contributed by atoms with Crippen LogP contribution < -0.4 is 5.73 Å². The van der Waals surface area contributed by atoms with Gasteiger partial charge < -0.3 is 5.73 Å². The molecule has 4 heteroatoms. The van der Waals surface area contributed by atoms with Crippen LogP contribution in [-0.4, -0.2) is 17.0 Å². The Morgan fingerprint density at radius 1 is 1.38 bits per heavy atom.